The summed E-state index contributed by atoms with van der Waals surface area (Å²) in [5.74, 6) is 0. The van der Waals surface area contributed by atoms with Gasteiger partial charge in [0.1, 0.15) is 0 Å². The molecule has 2 N–H and O–H groups in total. The highest BCUT2D eigenvalue weighted by molar-refractivity contribution is 8.00. The van der Waals surface area contributed by atoms with Crippen LogP contribution in [0, 0.1) is 0 Å². The van der Waals surface area contributed by atoms with Gasteiger partial charge < -0.3 is 14.3 Å². The van der Waals surface area contributed by atoms with Gasteiger partial charge in [-0.05, 0) is 30.1 Å². The highest BCUT2D eigenvalue weighted by atomic mass is 35.5. The fourth-order valence-electron chi connectivity index (χ4n) is 2.75. The largest absolute Gasteiger partial charge is 0.358 e. The zero-order valence-corrected chi connectivity index (χ0v) is 14.6. The Labute approximate surface area is 147 Å². The van der Waals surface area contributed by atoms with E-state index in [0.29, 0.717) is 10.0 Å². The fraction of sp³-hybridized carbons (Fsp3) is 0.0588. The number of hydrogen-bond acceptors (Lipinski definition) is 2. The van der Waals surface area contributed by atoms with E-state index in [1.54, 1.807) is 18.1 Å². The molecule has 0 bridgehead atoms. The van der Waals surface area contributed by atoms with Crippen LogP contribution in [-0.4, -0.2) is 9.55 Å². The van der Waals surface area contributed by atoms with E-state index in [-0.39, 0.29) is 0 Å². The number of H-pyrrole nitrogens is 1. The van der Waals surface area contributed by atoms with Gasteiger partial charge in [0.05, 0.1) is 26.1 Å². The maximum atomic E-state index is 6.23. The van der Waals surface area contributed by atoms with Crippen LogP contribution >= 0.6 is 35.1 Å². The molecule has 0 atom stereocenters. The van der Waals surface area contributed by atoms with Crippen LogP contribution in [0.1, 0.15) is 0 Å². The van der Waals surface area contributed by atoms with E-state index in [2.05, 4.69) is 45.7 Å². The van der Waals surface area contributed by atoms with Gasteiger partial charge in [-0.3, -0.25) is 0 Å². The van der Waals surface area contributed by atoms with Crippen molar-refractivity contribution in [3.63, 3.8) is 0 Å². The van der Waals surface area contributed by atoms with Crippen molar-refractivity contribution >= 4 is 62.6 Å². The molecule has 2 heterocycles. The Bertz CT molecular complexity index is 1020. The van der Waals surface area contributed by atoms with E-state index in [1.165, 1.54) is 15.8 Å². The third-order valence-corrected chi connectivity index (χ3v) is 5.35. The van der Waals surface area contributed by atoms with Crippen molar-refractivity contribution in [2.24, 2.45) is 7.05 Å². The number of nitrogens with one attached hydrogen (secondary N) is 2. The number of aromatic nitrogens is 2. The molecule has 0 aliphatic rings. The number of nitrogens with zero attached hydrogens (tertiary/aromatic N) is 1. The average Bonchev–Trinajstić information content (AvgIpc) is 3.09. The molecule has 0 saturated carbocycles. The molecule has 0 amide bonds. The molecule has 0 fully saturated rings. The molecule has 4 aromatic rings. The van der Waals surface area contributed by atoms with Gasteiger partial charge in [-0.2, -0.15) is 0 Å². The maximum absolute atomic E-state index is 6.23. The van der Waals surface area contributed by atoms with Gasteiger partial charge in [-0.15, -0.1) is 0 Å². The first-order chi connectivity index (χ1) is 11.1. The maximum Gasteiger partial charge on any atom is 0.0728 e. The molecule has 0 unspecified atom stereocenters. The molecular weight excluding hydrogens is 349 g/mol. The van der Waals surface area contributed by atoms with Crippen LogP contribution < -0.4 is 4.72 Å². The predicted octanol–water partition coefficient (Wildman–Crippen LogP) is 6.09. The van der Waals surface area contributed by atoms with Crippen LogP contribution in [0.5, 0.6) is 0 Å². The monoisotopic (exact) mass is 361 g/mol. The zero-order chi connectivity index (χ0) is 16.0. The van der Waals surface area contributed by atoms with Crippen molar-refractivity contribution in [2.75, 3.05) is 4.72 Å². The summed E-state index contributed by atoms with van der Waals surface area (Å²) >= 11 is 14.0. The van der Waals surface area contributed by atoms with Crippen LogP contribution in [-0.2, 0) is 7.05 Å². The summed E-state index contributed by atoms with van der Waals surface area (Å²) in [7, 11) is 2.05. The molecule has 0 saturated heterocycles. The van der Waals surface area contributed by atoms with Crippen LogP contribution in [0.4, 0.5) is 5.69 Å². The minimum atomic E-state index is 0.629. The minimum Gasteiger partial charge on any atom is -0.358 e. The summed E-state index contributed by atoms with van der Waals surface area (Å²) in [5, 5.41) is 3.34. The summed E-state index contributed by atoms with van der Waals surface area (Å²) in [5.41, 5.74) is 3.07. The molecule has 0 spiro atoms. The van der Waals surface area contributed by atoms with E-state index < -0.39 is 0 Å². The van der Waals surface area contributed by atoms with Crippen LogP contribution in [0.15, 0.2) is 53.7 Å². The van der Waals surface area contributed by atoms with E-state index in [0.717, 1.165) is 16.6 Å². The van der Waals surface area contributed by atoms with Crippen molar-refractivity contribution in [3.8, 4) is 0 Å². The second-order valence-corrected chi connectivity index (χ2v) is 6.97. The second kappa shape index (κ2) is 5.71. The Hall–Kier alpha value is -1.75. The molecule has 23 heavy (non-hydrogen) atoms. The van der Waals surface area contributed by atoms with E-state index in [9.17, 15) is 0 Å². The number of aryl methyl sites for hydroxylation is 1. The number of fused-ring (bicyclic) bond motifs is 2. The lowest BCUT2D eigenvalue weighted by Crippen LogP contribution is -1.88. The number of rotatable bonds is 3. The third-order valence-electron chi connectivity index (χ3n) is 3.87. The number of aromatic amines is 1. The van der Waals surface area contributed by atoms with Crippen LogP contribution in [0.25, 0.3) is 21.8 Å². The van der Waals surface area contributed by atoms with E-state index in [4.69, 9.17) is 23.2 Å². The first-order valence-electron chi connectivity index (χ1n) is 7.07. The fourth-order valence-corrected chi connectivity index (χ4v) is 4.19. The summed E-state index contributed by atoms with van der Waals surface area (Å²) < 4.78 is 5.53. The number of para-hydroxylation sites is 1. The van der Waals surface area contributed by atoms with Gasteiger partial charge in [-0.1, -0.05) is 41.4 Å². The summed E-state index contributed by atoms with van der Waals surface area (Å²) in [6.45, 7) is 0. The number of hydrogen-bond donors (Lipinski definition) is 2. The number of anilines is 1. The third kappa shape index (κ3) is 2.47. The van der Waals surface area contributed by atoms with Gasteiger partial charge in [-0.25, -0.2) is 0 Å². The Kier molecular flexibility index (Phi) is 3.68. The molecule has 3 nitrogen and oxygen atoms in total. The van der Waals surface area contributed by atoms with Crippen molar-refractivity contribution in [1.82, 2.24) is 9.55 Å². The zero-order valence-electron chi connectivity index (χ0n) is 12.2. The lowest BCUT2D eigenvalue weighted by atomic mass is 10.2. The summed E-state index contributed by atoms with van der Waals surface area (Å²) in [6, 6.07) is 12.2. The molecule has 2 aromatic heterocycles. The summed E-state index contributed by atoms with van der Waals surface area (Å²) in [6.07, 6.45) is 3.88. The SMILES string of the molecule is Cn1cc(SNc2ccc(Cl)c3c(Cl)c[nH]c23)c2ccccc21. The first-order valence-corrected chi connectivity index (χ1v) is 8.64. The van der Waals surface area contributed by atoms with Gasteiger partial charge in [0.25, 0.3) is 0 Å². The molecule has 0 radical (unpaired) electrons. The van der Waals surface area contributed by atoms with Gasteiger partial charge in [0.15, 0.2) is 0 Å². The Morgan fingerprint density at radius 2 is 1.91 bits per heavy atom. The minimum absolute atomic E-state index is 0.629. The molecule has 2 aromatic carbocycles. The number of halogens is 2. The lowest BCUT2D eigenvalue weighted by Gasteiger charge is -2.07. The smallest absolute Gasteiger partial charge is 0.0728 e. The molecular formula is C17H13Cl2N3S. The van der Waals surface area contributed by atoms with Crippen molar-refractivity contribution in [1.29, 1.82) is 0 Å². The van der Waals surface area contributed by atoms with Crippen LogP contribution in [0.3, 0.4) is 0 Å². The second-order valence-electron chi connectivity index (χ2n) is 5.31. The molecule has 4 rings (SSSR count). The van der Waals surface area contributed by atoms with Gasteiger partial charge >= 0.3 is 0 Å². The van der Waals surface area contributed by atoms with Crippen molar-refractivity contribution in [3.05, 3.63) is 58.8 Å². The van der Waals surface area contributed by atoms with E-state index >= 15 is 0 Å². The summed E-state index contributed by atoms with van der Waals surface area (Å²) in [4.78, 5) is 4.35. The topological polar surface area (TPSA) is 32.8 Å². The molecule has 0 aliphatic carbocycles. The van der Waals surface area contributed by atoms with Crippen molar-refractivity contribution < 1.29 is 0 Å². The first kappa shape index (κ1) is 14.8. The number of benzene rings is 2. The van der Waals surface area contributed by atoms with E-state index in [1.807, 2.05) is 18.2 Å². The quantitative estimate of drug-likeness (QED) is 0.433. The molecule has 6 heteroatoms. The average molecular weight is 362 g/mol. The normalized spacial score (nSPS) is 11.4. The predicted molar refractivity (Wildman–Crippen MR) is 101 cm³/mol. The highest BCUT2D eigenvalue weighted by Crippen LogP contribution is 2.37. The van der Waals surface area contributed by atoms with Crippen LogP contribution in [0.2, 0.25) is 10.0 Å². The molecule has 116 valence electrons. The Morgan fingerprint density at radius 3 is 2.78 bits per heavy atom. The lowest BCUT2D eigenvalue weighted by molar-refractivity contribution is 0.958. The van der Waals surface area contributed by atoms with Gasteiger partial charge in [0, 0.05) is 35.7 Å². The van der Waals surface area contributed by atoms with Gasteiger partial charge in [0.2, 0.25) is 0 Å². The molecule has 0 aliphatic heterocycles. The Morgan fingerprint density at radius 1 is 1.09 bits per heavy atom. The standard InChI is InChI=1S/C17H13Cl2N3S/c1-22-9-15(10-4-2-3-5-14(10)22)23-21-13-7-6-11(18)16-12(19)8-20-17(13)16/h2-9,20-21H,1H3. The Balaban J connectivity index is 1.70. The van der Waals surface area contributed by atoms with Crippen molar-refractivity contribution in [2.45, 2.75) is 4.90 Å². The highest BCUT2D eigenvalue weighted by Gasteiger charge is 2.12.